The zero-order valence-electron chi connectivity index (χ0n) is 18.0. The van der Waals surface area contributed by atoms with Gasteiger partial charge in [0.25, 0.3) is 0 Å². The molecule has 2 aliphatic rings. The molecule has 1 aromatic rings. The Hall–Kier alpha value is -2.08. The van der Waals surface area contributed by atoms with Crippen LogP contribution in [0.2, 0.25) is 0 Å². The first-order valence-electron chi connectivity index (χ1n) is 10.8. The summed E-state index contributed by atoms with van der Waals surface area (Å²) in [7, 11) is 5.72. The number of hydrogen-bond donors (Lipinski definition) is 1. The molecule has 1 saturated heterocycles. The molecule has 0 bridgehead atoms. The molecule has 1 unspecified atom stereocenters. The number of nitrogens with zero attached hydrogens (tertiary/aromatic N) is 2. The normalized spacial score (nSPS) is 24.9. The van der Waals surface area contributed by atoms with Crippen LogP contribution in [0, 0.1) is 5.92 Å². The Morgan fingerprint density at radius 3 is 2.55 bits per heavy atom. The number of carbonyl (C=O) groups is 2. The monoisotopic (exact) mass is 401 g/mol. The highest BCUT2D eigenvalue weighted by Gasteiger charge is 2.33. The number of benzene rings is 1. The second-order valence-corrected chi connectivity index (χ2v) is 8.58. The van der Waals surface area contributed by atoms with Gasteiger partial charge in [-0.1, -0.05) is 18.2 Å². The molecular formula is C23H35N3O3. The molecule has 1 atom stereocenters. The van der Waals surface area contributed by atoms with E-state index < -0.39 is 0 Å². The fourth-order valence-electron chi connectivity index (χ4n) is 4.64. The number of methoxy groups -OCH3 is 1. The number of hydrogen-bond acceptors (Lipinski definition) is 4. The number of ether oxygens (including phenoxy) is 1. The second kappa shape index (κ2) is 10.1. The summed E-state index contributed by atoms with van der Waals surface area (Å²) in [5, 5.41) is 3.16. The molecule has 1 aromatic carbocycles. The molecule has 6 heteroatoms. The van der Waals surface area contributed by atoms with Crippen molar-refractivity contribution in [3.8, 4) is 5.75 Å². The van der Waals surface area contributed by atoms with Crippen LogP contribution in [0.3, 0.4) is 0 Å². The minimum Gasteiger partial charge on any atom is -0.496 e. The van der Waals surface area contributed by atoms with Gasteiger partial charge in [0.15, 0.2) is 0 Å². The van der Waals surface area contributed by atoms with Crippen molar-refractivity contribution in [2.45, 2.75) is 57.0 Å². The van der Waals surface area contributed by atoms with Crippen LogP contribution in [0.25, 0.3) is 0 Å². The number of likely N-dealkylation sites (tertiary alicyclic amines) is 1. The van der Waals surface area contributed by atoms with Gasteiger partial charge in [-0.2, -0.15) is 0 Å². The average Bonchev–Trinajstić information content (AvgIpc) is 3.18. The van der Waals surface area contributed by atoms with Gasteiger partial charge in [-0.3, -0.25) is 9.59 Å². The highest BCUT2D eigenvalue weighted by atomic mass is 16.5. The Labute approximate surface area is 174 Å². The van der Waals surface area contributed by atoms with Gasteiger partial charge in [0.1, 0.15) is 5.75 Å². The third-order valence-corrected chi connectivity index (χ3v) is 6.52. The number of likely N-dealkylation sites (N-methyl/N-ethyl adjacent to an activating group) is 2. The molecule has 160 valence electrons. The summed E-state index contributed by atoms with van der Waals surface area (Å²) in [6.07, 6.45) is 5.69. The van der Waals surface area contributed by atoms with E-state index in [2.05, 4.69) is 17.3 Å². The average molecular weight is 402 g/mol. The third kappa shape index (κ3) is 5.72. The number of rotatable bonds is 7. The van der Waals surface area contributed by atoms with Crippen LogP contribution in [0.5, 0.6) is 5.75 Å². The lowest BCUT2D eigenvalue weighted by atomic mass is 9.85. The van der Waals surface area contributed by atoms with Gasteiger partial charge in [-0.15, -0.1) is 0 Å². The standard InChI is InChI=1S/C23H35N3O3/c1-25-15-14-20(16-25)26(2)23(28)18-8-11-19(12-9-18)24-22(27)13-10-17-6-4-5-7-21(17)29-3/h4-7,18-20H,8-16H2,1-3H3,(H,24,27). The van der Waals surface area contributed by atoms with E-state index in [1.54, 1.807) is 7.11 Å². The van der Waals surface area contributed by atoms with Crippen molar-refractivity contribution in [1.82, 2.24) is 15.1 Å². The molecule has 1 heterocycles. The molecule has 2 amide bonds. The van der Waals surface area contributed by atoms with E-state index in [9.17, 15) is 9.59 Å². The van der Waals surface area contributed by atoms with E-state index in [0.717, 1.165) is 56.5 Å². The van der Waals surface area contributed by atoms with Gasteiger partial charge in [0.2, 0.25) is 11.8 Å². The molecule has 6 nitrogen and oxygen atoms in total. The van der Waals surface area contributed by atoms with E-state index in [4.69, 9.17) is 4.74 Å². The summed E-state index contributed by atoms with van der Waals surface area (Å²) in [5.41, 5.74) is 1.06. The SMILES string of the molecule is COc1ccccc1CCC(=O)NC1CCC(C(=O)N(C)C2CCN(C)C2)CC1. The molecule has 3 rings (SSSR count). The lowest BCUT2D eigenvalue weighted by molar-refractivity contribution is -0.137. The number of para-hydroxylation sites is 1. The molecule has 1 aliphatic carbocycles. The molecule has 1 aliphatic heterocycles. The molecule has 0 spiro atoms. The van der Waals surface area contributed by atoms with Crippen molar-refractivity contribution in [3.05, 3.63) is 29.8 Å². The van der Waals surface area contributed by atoms with Crippen LogP contribution in [-0.2, 0) is 16.0 Å². The van der Waals surface area contributed by atoms with E-state index >= 15 is 0 Å². The quantitative estimate of drug-likeness (QED) is 0.762. The lowest BCUT2D eigenvalue weighted by Crippen LogP contribution is -2.45. The van der Waals surface area contributed by atoms with Crippen LogP contribution in [0.4, 0.5) is 0 Å². The van der Waals surface area contributed by atoms with Gasteiger partial charge in [0.05, 0.1) is 7.11 Å². The maximum atomic E-state index is 12.8. The number of nitrogens with one attached hydrogen (secondary N) is 1. The fraction of sp³-hybridized carbons (Fsp3) is 0.652. The Kier molecular flexibility index (Phi) is 7.53. The van der Waals surface area contributed by atoms with E-state index in [1.807, 2.05) is 36.2 Å². The summed E-state index contributed by atoms with van der Waals surface area (Å²) in [6.45, 7) is 2.04. The zero-order valence-corrected chi connectivity index (χ0v) is 18.0. The van der Waals surface area contributed by atoms with Gasteiger partial charge < -0.3 is 19.9 Å². The summed E-state index contributed by atoms with van der Waals surface area (Å²) in [5.74, 6) is 1.30. The van der Waals surface area contributed by atoms with E-state index in [-0.39, 0.29) is 23.8 Å². The van der Waals surface area contributed by atoms with E-state index in [1.165, 1.54) is 0 Å². The Balaban J connectivity index is 1.40. The number of carbonyl (C=O) groups excluding carboxylic acids is 2. The lowest BCUT2D eigenvalue weighted by Gasteiger charge is -2.33. The second-order valence-electron chi connectivity index (χ2n) is 8.58. The predicted octanol–water partition coefficient (Wildman–Crippen LogP) is 2.47. The summed E-state index contributed by atoms with van der Waals surface area (Å²) in [4.78, 5) is 29.5. The van der Waals surface area contributed by atoms with Crippen molar-refractivity contribution in [2.75, 3.05) is 34.3 Å². The molecule has 0 aromatic heterocycles. The van der Waals surface area contributed by atoms with Crippen molar-refractivity contribution < 1.29 is 14.3 Å². The summed E-state index contributed by atoms with van der Waals surface area (Å²) >= 11 is 0. The summed E-state index contributed by atoms with van der Waals surface area (Å²) in [6, 6.07) is 8.36. The van der Waals surface area contributed by atoms with Crippen LogP contribution in [0.1, 0.15) is 44.1 Å². The van der Waals surface area contributed by atoms with Crippen LogP contribution in [0.15, 0.2) is 24.3 Å². The molecule has 0 radical (unpaired) electrons. The molecule has 1 saturated carbocycles. The molecular weight excluding hydrogens is 366 g/mol. The highest BCUT2D eigenvalue weighted by molar-refractivity contribution is 5.79. The Morgan fingerprint density at radius 1 is 1.17 bits per heavy atom. The van der Waals surface area contributed by atoms with Gasteiger partial charge in [-0.05, 0) is 63.7 Å². The first-order valence-corrected chi connectivity index (χ1v) is 10.8. The van der Waals surface area contributed by atoms with Crippen molar-refractivity contribution in [1.29, 1.82) is 0 Å². The van der Waals surface area contributed by atoms with E-state index in [0.29, 0.717) is 18.9 Å². The van der Waals surface area contributed by atoms with Crippen molar-refractivity contribution >= 4 is 11.8 Å². The smallest absolute Gasteiger partial charge is 0.225 e. The third-order valence-electron chi connectivity index (χ3n) is 6.52. The van der Waals surface area contributed by atoms with Crippen LogP contribution < -0.4 is 10.1 Å². The first-order chi connectivity index (χ1) is 14.0. The number of amides is 2. The topological polar surface area (TPSA) is 61.9 Å². The number of aryl methyl sites for hydroxylation is 1. The van der Waals surface area contributed by atoms with Gasteiger partial charge >= 0.3 is 0 Å². The molecule has 29 heavy (non-hydrogen) atoms. The van der Waals surface area contributed by atoms with Crippen molar-refractivity contribution in [2.24, 2.45) is 5.92 Å². The van der Waals surface area contributed by atoms with Crippen LogP contribution in [-0.4, -0.2) is 68.0 Å². The van der Waals surface area contributed by atoms with Gasteiger partial charge in [-0.25, -0.2) is 0 Å². The first kappa shape index (κ1) is 21.6. The van der Waals surface area contributed by atoms with Crippen LogP contribution >= 0.6 is 0 Å². The zero-order chi connectivity index (χ0) is 20.8. The maximum Gasteiger partial charge on any atom is 0.225 e. The predicted molar refractivity (Wildman–Crippen MR) is 114 cm³/mol. The van der Waals surface area contributed by atoms with Crippen molar-refractivity contribution in [3.63, 3.8) is 0 Å². The Morgan fingerprint density at radius 2 is 1.90 bits per heavy atom. The minimum absolute atomic E-state index is 0.0804. The maximum absolute atomic E-state index is 12.8. The fourth-order valence-corrected chi connectivity index (χ4v) is 4.64. The van der Waals surface area contributed by atoms with Gasteiger partial charge in [0, 0.05) is 38.0 Å². The summed E-state index contributed by atoms with van der Waals surface area (Å²) < 4.78 is 5.35. The molecule has 2 fully saturated rings. The largest absolute Gasteiger partial charge is 0.496 e. The highest BCUT2D eigenvalue weighted by Crippen LogP contribution is 2.27. The minimum atomic E-state index is 0.0804. The Bertz CT molecular complexity index is 700. The molecule has 1 N–H and O–H groups in total.